The first-order valence-electron chi connectivity index (χ1n) is 8.92. The highest BCUT2D eigenvalue weighted by Crippen LogP contribution is 2.47. The number of likely N-dealkylation sites (tertiary alicyclic amines) is 1. The van der Waals surface area contributed by atoms with Crippen molar-refractivity contribution < 1.29 is 14.0 Å². The van der Waals surface area contributed by atoms with Gasteiger partial charge in [-0.05, 0) is 49.1 Å². The van der Waals surface area contributed by atoms with Crippen LogP contribution in [0.4, 0.5) is 0 Å². The first-order valence-corrected chi connectivity index (χ1v) is 8.92. The van der Waals surface area contributed by atoms with E-state index in [-0.39, 0.29) is 23.7 Å². The second-order valence-electron chi connectivity index (χ2n) is 6.88. The van der Waals surface area contributed by atoms with Gasteiger partial charge in [-0.2, -0.15) is 0 Å². The van der Waals surface area contributed by atoms with Crippen molar-refractivity contribution in [1.29, 1.82) is 0 Å². The summed E-state index contributed by atoms with van der Waals surface area (Å²) in [4.78, 5) is 26.4. The predicted octanol–water partition coefficient (Wildman–Crippen LogP) is 2.94. The predicted molar refractivity (Wildman–Crippen MR) is 93.0 cm³/mol. The van der Waals surface area contributed by atoms with Crippen molar-refractivity contribution in [2.24, 2.45) is 5.92 Å². The summed E-state index contributed by atoms with van der Waals surface area (Å²) in [6, 6.07) is 11.3. The molecule has 1 N–H and O–H groups in total. The Balaban J connectivity index is 1.28. The van der Waals surface area contributed by atoms with Crippen LogP contribution in [0.1, 0.15) is 46.9 Å². The topological polar surface area (TPSA) is 62.6 Å². The van der Waals surface area contributed by atoms with Gasteiger partial charge in [-0.1, -0.05) is 12.1 Å². The zero-order valence-corrected chi connectivity index (χ0v) is 14.1. The molecule has 1 saturated heterocycles. The van der Waals surface area contributed by atoms with E-state index in [1.54, 1.807) is 6.26 Å². The molecule has 0 bridgehead atoms. The van der Waals surface area contributed by atoms with Crippen LogP contribution in [0.5, 0.6) is 0 Å². The lowest BCUT2D eigenvalue weighted by molar-refractivity contribution is -0.122. The van der Waals surface area contributed by atoms with Gasteiger partial charge in [-0.25, -0.2) is 0 Å². The average Bonchev–Trinajstić information content (AvgIpc) is 3.07. The number of hydrogen-bond acceptors (Lipinski definition) is 3. The van der Waals surface area contributed by atoms with E-state index in [9.17, 15) is 9.59 Å². The van der Waals surface area contributed by atoms with E-state index < -0.39 is 0 Å². The van der Waals surface area contributed by atoms with E-state index in [4.69, 9.17) is 4.42 Å². The summed E-state index contributed by atoms with van der Waals surface area (Å²) in [6.07, 6.45) is 4.68. The highest BCUT2D eigenvalue weighted by molar-refractivity contribution is 5.94. The van der Waals surface area contributed by atoms with Crippen molar-refractivity contribution in [3.8, 4) is 0 Å². The number of furan rings is 1. The molecule has 5 nitrogen and oxygen atoms in total. The van der Waals surface area contributed by atoms with Crippen molar-refractivity contribution in [2.45, 2.75) is 31.7 Å². The molecule has 2 atom stereocenters. The molecule has 1 aliphatic heterocycles. The van der Waals surface area contributed by atoms with E-state index in [1.165, 1.54) is 0 Å². The zero-order valence-electron chi connectivity index (χ0n) is 14.1. The normalized spacial score (nSPS) is 22.0. The van der Waals surface area contributed by atoms with Crippen LogP contribution in [-0.2, 0) is 11.3 Å². The van der Waals surface area contributed by atoms with Gasteiger partial charge in [0.1, 0.15) is 5.76 Å². The SMILES string of the molecule is O=C(NCc1ccc(C(=O)N2CCCC2)cc1)[C@@H]1C[C@@H]1c1ccco1. The minimum Gasteiger partial charge on any atom is -0.469 e. The van der Waals surface area contributed by atoms with Crippen LogP contribution >= 0.6 is 0 Å². The van der Waals surface area contributed by atoms with Crippen LogP contribution < -0.4 is 5.32 Å². The molecule has 5 heteroatoms. The van der Waals surface area contributed by atoms with E-state index in [0.29, 0.717) is 6.54 Å². The van der Waals surface area contributed by atoms with E-state index in [2.05, 4.69) is 5.32 Å². The minimum absolute atomic E-state index is 0.0159. The Morgan fingerprint density at radius 1 is 1.12 bits per heavy atom. The van der Waals surface area contributed by atoms with Gasteiger partial charge in [0.2, 0.25) is 5.91 Å². The molecule has 4 rings (SSSR count). The molecular weight excluding hydrogens is 316 g/mol. The fourth-order valence-electron chi connectivity index (χ4n) is 3.49. The summed E-state index contributed by atoms with van der Waals surface area (Å²) in [5, 5.41) is 2.98. The Bertz CT molecular complexity index is 746. The molecule has 1 aromatic heterocycles. The largest absolute Gasteiger partial charge is 0.469 e. The minimum atomic E-state index is 0.0159. The number of amides is 2. The smallest absolute Gasteiger partial charge is 0.253 e. The van der Waals surface area contributed by atoms with Crippen molar-refractivity contribution in [3.63, 3.8) is 0 Å². The average molecular weight is 338 g/mol. The molecule has 25 heavy (non-hydrogen) atoms. The number of hydrogen-bond donors (Lipinski definition) is 1. The summed E-state index contributed by atoms with van der Waals surface area (Å²) >= 11 is 0. The molecule has 2 amide bonds. The summed E-state index contributed by atoms with van der Waals surface area (Å²) in [7, 11) is 0. The van der Waals surface area contributed by atoms with Crippen molar-refractivity contribution in [3.05, 3.63) is 59.5 Å². The Labute approximate surface area is 147 Å². The highest BCUT2D eigenvalue weighted by atomic mass is 16.3. The molecule has 2 aliphatic rings. The maximum absolute atomic E-state index is 12.3. The molecule has 2 fully saturated rings. The monoisotopic (exact) mass is 338 g/mol. The highest BCUT2D eigenvalue weighted by Gasteiger charge is 2.45. The van der Waals surface area contributed by atoms with Crippen molar-refractivity contribution >= 4 is 11.8 Å². The molecule has 1 saturated carbocycles. The first-order chi connectivity index (χ1) is 12.2. The molecule has 0 radical (unpaired) electrons. The summed E-state index contributed by atoms with van der Waals surface area (Å²) in [5.41, 5.74) is 1.72. The fourth-order valence-corrected chi connectivity index (χ4v) is 3.49. The van der Waals surface area contributed by atoms with Gasteiger partial charge in [0.15, 0.2) is 0 Å². The third-order valence-corrected chi connectivity index (χ3v) is 5.10. The van der Waals surface area contributed by atoms with Gasteiger partial charge in [0.25, 0.3) is 5.91 Å². The Hall–Kier alpha value is -2.56. The first kappa shape index (κ1) is 15.9. The van der Waals surface area contributed by atoms with Crippen molar-refractivity contribution in [1.82, 2.24) is 10.2 Å². The quantitative estimate of drug-likeness (QED) is 0.912. The molecule has 2 aromatic rings. The summed E-state index contributed by atoms with van der Waals surface area (Å²) in [5.74, 6) is 1.30. The third-order valence-electron chi connectivity index (χ3n) is 5.10. The van der Waals surface area contributed by atoms with E-state index >= 15 is 0 Å². The van der Waals surface area contributed by atoms with Gasteiger partial charge in [-0.3, -0.25) is 9.59 Å². The van der Waals surface area contributed by atoms with Crippen LogP contribution in [0.15, 0.2) is 47.1 Å². The Morgan fingerprint density at radius 3 is 2.56 bits per heavy atom. The van der Waals surface area contributed by atoms with Crippen LogP contribution in [-0.4, -0.2) is 29.8 Å². The molecular formula is C20H22N2O3. The lowest BCUT2D eigenvalue weighted by Gasteiger charge is -2.15. The number of carbonyl (C=O) groups excluding carboxylic acids is 2. The Morgan fingerprint density at radius 2 is 1.88 bits per heavy atom. The third kappa shape index (κ3) is 3.45. The van der Waals surface area contributed by atoms with Gasteiger partial charge in [0, 0.05) is 37.0 Å². The zero-order chi connectivity index (χ0) is 17.2. The van der Waals surface area contributed by atoms with Gasteiger partial charge >= 0.3 is 0 Å². The molecule has 1 aromatic carbocycles. The Kier molecular flexibility index (Phi) is 4.30. The molecule has 130 valence electrons. The molecule has 1 aliphatic carbocycles. The van der Waals surface area contributed by atoms with E-state index in [1.807, 2.05) is 41.3 Å². The fraction of sp³-hybridized carbons (Fsp3) is 0.400. The van der Waals surface area contributed by atoms with Gasteiger partial charge in [-0.15, -0.1) is 0 Å². The molecule has 2 heterocycles. The summed E-state index contributed by atoms with van der Waals surface area (Å²) < 4.78 is 5.36. The van der Waals surface area contributed by atoms with Crippen LogP contribution in [0.25, 0.3) is 0 Å². The number of carbonyl (C=O) groups is 2. The number of rotatable bonds is 5. The number of nitrogens with one attached hydrogen (secondary N) is 1. The summed E-state index contributed by atoms with van der Waals surface area (Å²) in [6.45, 7) is 2.20. The molecule has 0 spiro atoms. The lowest BCUT2D eigenvalue weighted by atomic mass is 10.1. The second kappa shape index (κ2) is 6.75. The van der Waals surface area contributed by atoms with E-state index in [0.717, 1.165) is 49.2 Å². The number of nitrogens with zero attached hydrogens (tertiary/aromatic N) is 1. The van der Waals surface area contributed by atoms with Crippen LogP contribution in [0, 0.1) is 5.92 Å². The van der Waals surface area contributed by atoms with Gasteiger partial charge in [0.05, 0.1) is 6.26 Å². The maximum atomic E-state index is 12.3. The number of benzene rings is 1. The van der Waals surface area contributed by atoms with Crippen LogP contribution in [0.2, 0.25) is 0 Å². The van der Waals surface area contributed by atoms with Gasteiger partial charge < -0.3 is 14.6 Å². The van der Waals surface area contributed by atoms with Crippen molar-refractivity contribution in [2.75, 3.05) is 13.1 Å². The standard InChI is InChI=1S/C20H22N2O3/c23-19(17-12-16(17)18-4-3-11-25-18)21-13-14-5-7-15(8-6-14)20(24)22-9-1-2-10-22/h3-8,11,16-17H,1-2,9-10,12-13H2,(H,21,23)/t16-,17+/m0/s1. The second-order valence-corrected chi connectivity index (χ2v) is 6.88. The lowest BCUT2D eigenvalue weighted by Crippen LogP contribution is -2.27. The molecule has 0 unspecified atom stereocenters. The van der Waals surface area contributed by atoms with Crippen LogP contribution in [0.3, 0.4) is 0 Å². The maximum Gasteiger partial charge on any atom is 0.253 e.